The summed E-state index contributed by atoms with van der Waals surface area (Å²) in [6.45, 7) is 0.586. The molecule has 32 heavy (non-hydrogen) atoms. The maximum atomic E-state index is 12.8. The Balaban J connectivity index is 1.48. The fraction of sp³-hybridized carbons (Fsp3) is 0.259. The van der Waals surface area contributed by atoms with E-state index in [0.29, 0.717) is 13.0 Å². The molecule has 1 amide bonds. The van der Waals surface area contributed by atoms with Crippen LogP contribution in [0.2, 0.25) is 0 Å². The molecule has 164 valence electrons. The van der Waals surface area contributed by atoms with E-state index in [1.807, 2.05) is 42.6 Å². The Hall–Kier alpha value is -3.60. The molecule has 0 aliphatic heterocycles. The molecule has 2 aromatic carbocycles. The second-order valence-corrected chi connectivity index (χ2v) is 8.00. The molecule has 0 saturated heterocycles. The highest BCUT2D eigenvalue weighted by atomic mass is 16.5. The minimum Gasteiger partial charge on any atom is -0.497 e. The van der Waals surface area contributed by atoms with Gasteiger partial charge < -0.3 is 15.0 Å². The van der Waals surface area contributed by atoms with Crippen LogP contribution in [-0.4, -0.2) is 29.5 Å². The predicted octanol–water partition coefficient (Wildman–Crippen LogP) is 5.04. The number of methoxy groups -OCH3 is 1. The zero-order valence-electron chi connectivity index (χ0n) is 18.4. The number of carbonyl (C=O) groups excluding carboxylic acids is 1. The first-order valence-corrected chi connectivity index (χ1v) is 11.1. The first-order valence-electron chi connectivity index (χ1n) is 11.1. The van der Waals surface area contributed by atoms with Crippen molar-refractivity contribution in [2.75, 3.05) is 13.7 Å². The van der Waals surface area contributed by atoms with Crippen LogP contribution in [0.5, 0.6) is 5.75 Å². The molecule has 2 N–H and O–H groups in total. The van der Waals surface area contributed by atoms with Gasteiger partial charge in [0.25, 0.3) is 0 Å². The summed E-state index contributed by atoms with van der Waals surface area (Å²) in [6.07, 6.45) is 6.80. The first kappa shape index (κ1) is 21.6. The molecule has 0 fully saturated rings. The van der Waals surface area contributed by atoms with Gasteiger partial charge in [-0.25, -0.2) is 0 Å². The average molecular weight is 428 g/mol. The summed E-state index contributed by atoms with van der Waals surface area (Å²) in [5.74, 6) is 0.988. The highest BCUT2D eigenvalue weighted by Crippen LogP contribution is 2.33. The van der Waals surface area contributed by atoms with Gasteiger partial charge in [-0.05, 0) is 60.2 Å². The number of hydrogen-bond acceptors (Lipinski definition) is 3. The van der Waals surface area contributed by atoms with Gasteiger partial charge in [0.2, 0.25) is 5.91 Å². The summed E-state index contributed by atoms with van der Waals surface area (Å²) >= 11 is 0. The maximum Gasteiger partial charge on any atom is 0.220 e. The highest BCUT2D eigenvalue weighted by molar-refractivity contribution is 5.86. The second-order valence-electron chi connectivity index (χ2n) is 8.00. The molecule has 0 saturated carbocycles. The van der Waals surface area contributed by atoms with E-state index in [4.69, 9.17) is 4.74 Å². The molecule has 0 radical (unpaired) electrons. The van der Waals surface area contributed by atoms with Gasteiger partial charge in [-0.1, -0.05) is 36.4 Å². The number of rotatable bonds is 10. The lowest BCUT2D eigenvalue weighted by molar-refractivity contribution is -0.121. The van der Waals surface area contributed by atoms with Crippen molar-refractivity contribution in [3.05, 3.63) is 95.9 Å². The number of benzene rings is 2. The van der Waals surface area contributed by atoms with Crippen molar-refractivity contribution in [2.45, 2.75) is 31.6 Å². The molecule has 0 aliphatic rings. The van der Waals surface area contributed by atoms with Crippen molar-refractivity contribution in [2.24, 2.45) is 0 Å². The third-order valence-corrected chi connectivity index (χ3v) is 5.85. The van der Waals surface area contributed by atoms with Crippen LogP contribution in [0.15, 0.2) is 79.1 Å². The number of nitrogens with zero attached hydrogens (tertiary/aromatic N) is 1. The molecular formula is C27H29N3O2. The molecule has 5 heteroatoms. The molecular weight excluding hydrogens is 398 g/mol. The lowest BCUT2D eigenvalue weighted by Crippen LogP contribution is -2.27. The van der Waals surface area contributed by atoms with Gasteiger partial charge in [-0.3, -0.25) is 9.78 Å². The summed E-state index contributed by atoms with van der Waals surface area (Å²) in [5, 5.41) is 4.19. The van der Waals surface area contributed by atoms with Gasteiger partial charge >= 0.3 is 0 Å². The zero-order chi connectivity index (χ0) is 22.2. The van der Waals surface area contributed by atoms with E-state index in [9.17, 15) is 4.79 Å². The molecule has 1 unspecified atom stereocenters. The van der Waals surface area contributed by atoms with E-state index in [1.54, 1.807) is 13.3 Å². The standard InChI is InChI=1S/C27H29N3O2/c1-32-23-12-13-26-24(18-23)25(19-30-26)21(11-10-20-7-3-2-4-8-20)17-27(31)29-16-14-22-9-5-6-15-28-22/h2-9,12-13,15,18-19,21,30H,10-11,14,16-17H2,1H3,(H,29,31). The van der Waals surface area contributed by atoms with E-state index in [-0.39, 0.29) is 11.8 Å². The molecule has 0 spiro atoms. The highest BCUT2D eigenvalue weighted by Gasteiger charge is 2.20. The van der Waals surface area contributed by atoms with Crippen LogP contribution in [0.3, 0.4) is 0 Å². The molecule has 2 heterocycles. The minimum atomic E-state index is 0.0660. The largest absolute Gasteiger partial charge is 0.497 e. The van der Waals surface area contributed by atoms with Crippen molar-refractivity contribution in [3.63, 3.8) is 0 Å². The number of aromatic amines is 1. The number of nitrogens with one attached hydrogen (secondary N) is 2. The summed E-state index contributed by atoms with van der Waals surface area (Å²) in [4.78, 5) is 20.5. The van der Waals surface area contributed by atoms with Crippen LogP contribution in [0.4, 0.5) is 0 Å². The Morgan fingerprint density at radius 2 is 1.91 bits per heavy atom. The van der Waals surface area contributed by atoms with E-state index in [0.717, 1.165) is 47.2 Å². The number of ether oxygens (including phenoxy) is 1. The van der Waals surface area contributed by atoms with Crippen molar-refractivity contribution >= 4 is 16.8 Å². The van der Waals surface area contributed by atoms with Gasteiger partial charge in [0, 0.05) is 48.4 Å². The Labute approximate surface area is 188 Å². The van der Waals surface area contributed by atoms with Crippen molar-refractivity contribution in [1.29, 1.82) is 0 Å². The fourth-order valence-corrected chi connectivity index (χ4v) is 4.11. The third-order valence-electron chi connectivity index (χ3n) is 5.85. The van der Waals surface area contributed by atoms with Crippen molar-refractivity contribution in [1.82, 2.24) is 15.3 Å². The Morgan fingerprint density at radius 3 is 2.69 bits per heavy atom. The van der Waals surface area contributed by atoms with Gasteiger partial charge in [0.15, 0.2) is 0 Å². The SMILES string of the molecule is COc1ccc2[nH]cc(C(CCc3ccccc3)CC(=O)NCCc3ccccn3)c2c1. The van der Waals surface area contributed by atoms with Crippen LogP contribution in [0, 0.1) is 0 Å². The van der Waals surface area contributed by atoms with E-state index in [1.165, 1.54) is 5.56 Å². The number of aromatic nitrogens is 2. The maximum absolute atomic E-state index is 12.8. The Kier molecular flexibility index (Phi) is 7.18. The summed E-state index contributed by atoms with van der Waals surface area (Å²) in [5.41, 5.74) is 4.48. The van der Waals surface area contributed by atoms with Gasteiger partial charge in [0.05, 0.1) is 7.11 Å². The number of hydrogen-bond donors (Lipinski definition) is 2. The van der Waals surface area contributed by atoms with Gasteiger partial charge in [0.1, 0.15) is 5.75 Å². The quantitative estimate of drug-likeness (QED) is 0.373. The number of H-pyrrole nitrogens is 1. The molecule has 5 nitrogen and oxygen atoms in total. The van der Waals surface area contributed by atoms with E-state index in [2.05, 4.69) is 45.6 Å². The number of pyridine rings is 1. The predicted molar refractivity (Wildman–Crippen MR) is 128 cm³/mol. The average Bonchev–Trinajstić information content (AvgIpc) is 3.26. The monoisotopic (exact) mass is 427 g/mol. The second kappa shape index (κ2) is 10.6. The molecule has 1 atom stereocenters. The summed E-state index contributed by atoms with van der Waals surface area (Å²) < 4.78 is 5.43. The number of aryl methyl sites for hydroxylation is 1. The van der Waals surface area contributed by atoms with Crippen molar-refractivity contribution < 1.29 is 9.53 Å². The summed E-state index contributed by atoms with van der Waals surface area (Å²) in [7, 11) is 1.68. The van der Waals surface area contributed by atoms with Crippen LogP contribution in [-0.2, 0) is 17.6 Å². The minimum absolute atomic E-state index is 0.0660. The molecule has 4 rings (SSSR count). The third kappa shape index (κ3) is 5.55. The summed E-state index contributed by atoms with van der Waals surface area (Å²) in [6, 6.07) is 22.3. The molecule has 2 aromatic heterocycles. The topological polar surface area (TPSA) is 67.0 Å². The van der Waals surface area contributed by atoms with Gasteiger partial charge in [-0.2, -0.15) is 0 Å². The Morgan fingerprint density at radius 1 is 1.06 bits per heavy atom. The van der Waals surface area contributed by atoms with Crippen LogP contribution >= 0.6 is 0 Å². The van der Waals surface area contributed by atoms with Crippen LogP contribution in [0.25, 0.3) is 10.9 Å². The first-order chi connectivity index (χ1) is 15.7. The van der Waals surface area contributed by atoms with E-state index < -0.39 is 0 Å². The van der Waals surface area contributed by atoms with Gasteiger partial charge in [-0.15, -0.1) is 0 Å². The lowest BCUT2D eigenvalue weighted by atomic mass is 9.89. The smallest absolute Gasteiger partial charge is 0.220 e. The fourth-order valence-electron chi connectivity index (χ4n) is 4.11. The molecule has 4 aromatic rings. The number of amides is 1. The number of fused-ring (bicyclic) bond motifs is 1. The normalized spacial score (nSPS) is 11.9. The van der Waals surface area contributed by atoms with Crippen molar-refractivity contribution in [3.8, 4) is 5.75 Å². The molecule has 0 aliphatic carbocycles. The van der Waals surface area contributed by atoms with Crippen LogP contribution in [0.1, 0.15) is 35.6 Å². The lowest BCUT2D eigenvalue weighted by Gasteiger charge is -2.17. The number of carbonyl (C=O) groups is 1. The van der Waals surface area contributed by atoms with Crippen LogP contribution < -0.4 is 10.1 Å². The molecule has 0 bridgehead atoms. The zero-order valence-corrected chi connectivity index (χ0v) is 18.4. The van der Waals surface area contributed by atoms with E-state index >= 15 is 0 Å². The Bertz CT molecular complexity index is 1140.